The molecule has 1 atom stereocenters. The molecule has 0 saturated heterocycles. The summed E-state index contributed by atoms with van der Waals surface area (Å²) in [6, 6.07) is 6.53. The number of carbonyl (C=O) groups excluding carboxylic acids is 1. The Hall–Kier alpha value is -2.28. The lowest BCUT2D eigenvalue weighted by Gasteiger charge is -2.10. The Labute approximate surface area is 120 Å². The van der Waals surface area contributed by atoms with Crippen LogP contribution in [0.4, 0.5) is 0 Å². The number of para-hydroxylation sites is 1. The lowest BCUT2D eigenvalue weighted by atomic mass is 10.1. The molecule has 2 N–H and O–H groups in total. The lowest BCUT2D eigenvalue weighted by Crippen LogP contribution is -2.42. The van der Waals surface area contributed by atoms with Crippen molar-refractivity contribution in [3.63, 3.8) is 0 Å². The van der Waals surface area contributed by atoms with Crippen molar-refractivity contribution in [2.75, 3.05) is 7.11 Å². The van der Waals surface area contributed by atoms with Crippen molar-refractivity contribution < 1.29 is 14.6 Å². The van der Waals surface area contributed by atoms with Gasteiger partial charge in [0.2, 0.25) is 0 Å². The van der Waals surface area contributed by atoms with E-state index in [1.165, 1.54) is 7.11 Å². The van der Waals surface area contributed by atoms with E-state index in [-0.39, 0.29) is 18.8 Å². The molecular formula is C12H14ClN3O4. The second kappa shape index (κ2) is 6.76. The third kappa shape index (κ3) is 3.39. The van der Waals surface area contributed by atoms with E-state index in [0.717, 1.165) is 16.5 Å². The number of hydrogen-bond acceptors (Lipinski definition) is 4. The van der Waals surface area contributed by atoms with Crippen LogP contribution in [0.5, 0.6) is 0 Å². The first-order valence-corrected chi connectivity index (χ1v) is 5.65. The molecule has 0 spiro atoms. The van der Waals surface area contributed by atoms with E-state index in [4.69, 9.17) is 0 Å². The van der Waals surface area contributed by atoms with Crippen molar-refractivity contribution in [2.24, 2.45) is 0 Å². The molecule has 1 aromatic heterocycles. The van der Waals surface area contributed by atoms with Crippen LogP contribution >= 0.6 is 12.4 Å². The van der Waals surface area contributed by atoms with Crippen molar-refractivity contribution in [1.82, 2.24) is 10.4 Å². The van der Waals surface area contributed by atoms with Crippen molar-refractivity contribution >= 4 is 29.3 Å². The van der Waals surface area contributed by atoms with Gasteiger partial charge in [-0.25, -0.2) is 14.9 Å². The van der Waals surface area contributed by atoms with E-state index in [0.29, 0.717) is 0 Å². The van der Waals surface area contributed by atoms with Gasteiger partial charge in [0.25, 0.3) is 0 Å². The van der Waals surface area contributed by atoms with E-state index in [2.05, 4.69) is 9.72 Å². The van der Waals surface area contributed by atoms with Crippen LogP contribution in [0.25, 0.3) is 10.9 Å². The van der Waals surface area contributed by atoms with Crippen LogP contribution < -0.4 is 5.43 Å². The van der Waals surface area contributed by atoms with E-state index in [1.54, 1.807) is 6.20 Å². The highest BCUT2D eigenvalue weighted by Gasteiger charge is 2.25. The molecule has 0 aliphatic carbocycles. The average molecular weight is 300 g/mol. The molecule has 7 nitrogen and oxygen atoms in total. The number of methoxy groups -OCH3 is 1. The van der Waals surface area contributed by atoms with Gasteiger partial charge in [-0.05, 0) is 11.6 Å². The molecule has 2 rings (SSSR count). The first kappa shape index (κ1) is 15.8. The summed E-state index contributed by atoms with van der Waals surface area (Å²) >= 11 is 0. The molecule has 20 heavy (non-hydrogen) atoms. The van der Waals surface area contributed by atoms with Crippen LogP contribution in [0.1, 0.15) is 5.56 Å². The van der Waals surface area contributed by atoms with Gasteiger partial charge in [-0.1, -0.05) is 18.2 Å². The van der Waals surface area contributed by atoms with Gasteiger partial charge in [0.15, 0.2) is 11.1 Å². The molecule has 0 fully saturated rings. The maximum atomic E-state index is 11.5. The highest BCUT2D eigenvalue weighted by molar-refractivity contribution is 5.85. The number of aromatic amines is 1. The van der Waals surface area contributed by atoms with Crippen LogP contribution in [0, 0.1) is 10.1 Å². The SMILES string of the molecule is COC(=O)[C@H](Cc1c[nH]c2ccccc12)N[N+](=O)[O-].Cl. The number of halogens is 1. The highest BCUT2D eigenvalue weighted by Crippen LogP contribution is 2.19. The van der Waals surface area contributed by atoms with E-state index in [9.17, 15) is 14.9 Å². The third-order valence-corrected chi connectivity index (χ3v) is 2.85. The number of nitrogens with zero attached hydrogens (tertiary/aromatic N) is 1. The van der Waals surface area contributed by atoms with Gasteiger partial charge in [-0.15, -0.1) is 17.8 Å². The number of aromatic nitrogens is 1. The van der Waals surface area contributed by atoms with Gasteiger partial charge in [-0.2, -0.15) is 0 Å². The number of benzene rings is 1. The average Bonchev–Trinajstić information content (AvgIpc) is 2.80. The summed E-state index contributed by atoms with van der Waals surface area (Å²) < 4.78 is 4.56. The predicted molar refractivity (Wildman–Crippen MR) is 75.2 cm³/mol. The molecule has 2 aromatic rings. The number of nitrogens with one attached hydrogen (secondary N) is 2. The lowest BCUT2D eigenvalue weighted by molar-refractivity contribution is -0.548. The summed E-state index contributed by atoms with van der Waals surface area (Å²) in [5, 5.41) is 10.7. The Bertz CT molecular complexity index is 614. The van der Waals surface area contributed by atoms with E-state index < -0.39 is 17.0 Å². The van der Waals surface area contributed by atoms with Crippen LogP contribution in [0.15, 0.2) is 30.5 Å². The summed E-state index contributed by atoms with van der Waals surface area (Å²) in [7, 11) is 1.20. The Morgan fingerprint density at radius 3 is 2.85 bits per heavy atom. The Balaban J connectivity index is 0.00000200. The highest BCUT2D eigenvalue weighted by atomic mass is 35.5. The monoisotopic (exact) mass is 299 g/mol. The van der Waals surface area contributed by atoms with Gasteiger partial charge < -0.3 is 9.72 Å². The fraction of sp³-hybridized carbons (Fsp3) is 0.250. The number of hydrazine groups is 1. The van der Waals surface area contributed by atoms with Crippen LogP contribution in [-0.4, -0.2) is 29.1 Å². The molecule has 0 radical (unpaired) electrons. The summed E-state index contributed by atoms with van der Waals surface area (Å²) in [5.74, 6) is -0.665. The van der Waals surface area contributed by atoms with Crippen molar-refractivity contribution in [3.05, 3.63) is 46.1 Å². The Kier molecular flexibility index (Phi) is 5.33. The molecular weight excluding hydrogens is 286 g/mol. The fourth-order valence-electron chi connectivity index (χ4n) is 1.97. The first-order valence-electron chi connectivity index (χ1n) is 5.65. The third-order valence-electron chi connectivity index (χ3n) is 2.85. The molecule has 108 valence electrons. The fourth-order valence-corrected chi connectivity index (χ4v) is 1.97. The van der Waals surface area contributed by atoms with Gasteiger partial charge in [0.1, 0.15) is 0 Å². The number of ether oxygens (including phenoxy) is 1. The number of fused-ring (bicyclic) bond motifs is 1. The number of H-pyrrole nitrogens is 1. The number of nitro groups is 1. The van der Waals surface area contributed by atoms with Crippen LogP contribution in [0.2, 0.25) is 0 Å². The minimum absolute atomic E-state index is 0. The summed E-state index contributed by atoms with van der Waals surface area (Å²) in [5.41, 5.74) is 3.71. The maximum absolute atomic E-state index is 11.5. The smallest absolute Gasteiger partial charge is 0.334 e. The molecule has 0 aliphatic heterocycles. The molecule has 0 saturated carbocycles. The van der Waals surface area contributed by atoms with Gasteiger partial charge >= 0.3 is 5.97 Å². The number of hydrogen-bond donors (Lipinski definition) is 2. The normalized spacial score (nSPS) is 11.4. The quantitative estimate of drug-likeness (QED) is 0.495. The summed E-state index contributed by atoms with van der Waals surface area (Å²) in [4.78, 5) is 25.1. The predicted octanol–water partition coefficient (Wildman–Crippen LogP) is 1.46. The Morgan fingerprint density at radius 1 is 1.50 bits per heavy atom. The maximum Gasteiger partial charge on any atom is 0.334 e. The molecule has 8 heteroatoms. The molecule has 0 bridgehead atoms. The summed E-state index contributed by atoms with van der Waals surface area (Å²) in [6.45, 7) is 0. The summed E-state index contributed by atoms with van der Waals surface area (Å²) in [6.07, 6.45) is 1.92. The molecule has 1 aromatic carbocycles. The van der Waals surface area contributed by atoms with Crippen molar-refractivity contribution in [2.45, 2.75) is 12.5 Å². The second-order valence-corrected chi connectivity index (χ2v) is 4.03. The zero-order chi connectivity index (χ0) is 13.8. The van der Waals surface area contributed by atoms with Gasteiger partial charge in [0, 0.05) is 23.5 Å². The second-order valence-electron chi connectivity index (χ2n) is 4.03. The standard InChI is InChI=1S/C12H13N3O4.ClH/c1-19-12(16)11(14-15(17)18)6-8-7-13-10-5-3-2-4-9(8)10;/h2-5,7,11,13-14H,6H2,1H3;1H/t11-;/m0./s1. The number of rotatable bonds is 5. The molecule has 0 unspecified atom stereocenters. The van der Waals surface area contributed by atoms with E-state index in [1.807, 2.05) is 29.7 Å². The van der Waals surface area contributed by atoms with Crippen molar-refractivity contribution in [3.8, 4) is 0 Å². The minimum atomic E-state index is -1.01. The molecule has 0 aliphatic rings. The minimum Gasteiger partial charge on any atom is -0.467 e. The van der Waals surface area contributed by atoms with Gasteiger partial charge in [0.05, 0.1) is 7.11 Å². The van der Waals surface area contributed by atoms with Crippen molar-refractivity contribution in [1.29, 1.82) is 0 Å². The van der Waals surface area contributed by atoms with Crippen LogP contribution in [0.3, 0.4) is 0 Å². The van der Waals surface area contributed by atoms with Gasteiger partial charge in [-0.3, -0.25) is 0 Å². The number of carbonyl (C=O) groups is 1. The largest absolute Gasteiger partial charge is 0.467 e. The first-order chi connectivity index (χ1) is 9.11. The number of esters is 1. The zero-order valence-electron chi connectivity index (χ0n) is 10.7. The molecule has 1 heterocycles. The topological polar surface area (TPSA) is 97.3 Å². The molecule has 0 amide bonds. The zero-order valence-corrected chi connectivity index (χ0v) is 11.5. The van der Waals surface area contributed by atoms with E-state index >= 15 is 0 Å². The Morgan fingerprint density at radius 2 is 2.20 bits per heavy atom. The van der Waals surface area contributed by atoms with Crippen LogP contribution in [-0.2, 0) is 16.0 Å².